The van der Waals surface area contributed by atoms with Crippen molar-refractivity contribution >= 4 is 23.3 Å². The van der Waals surface area contributed by atoms with Crippen LogP contribution in [0.1, 0.15) is 27.3 Å². The number of carbonyl (C=O) groups excluding carboxylic acids is 1. The summed E-state index contributed by atoms with van der Waals surface area (Å²) in [5.41, 5.74) is -2.02. The number of piperazine rings is 1. The second kappa shape index (κ2) is 7.93. The van der Waals surface area contributed by atoms with Gasteiger partial charge in [-0.3, -0.25) is 4.79 Å². The summed E-state index contributed by atoms with van der Waals surface area (Å²) in [4.78, 5) is 23.0. The molecule has 0 aliphatic carbocycles. The first-order chi connectivity index (χ1) is 13.9. The van der Waals surface area contributed by atoms with Crippen molar-refractivity contribution in [1.29, 1.82) is 0 Å². The zero-order valence-electron chi connectivity index (χ0n) is 15.5. The Kier molecular flexibility index (Phi) is 5.85. The van der Waals surface area contributed by atoms with Gasteiger partial charge in [-0.15, -0.1) is 0 Å². The van der Waals surface area contributed by atoms with Crippen molar-refractivity contribution in [2.45, 2.75) is 19.3 Å². The fourth-order valence-electron chi connectivity index (χ4n) is 3.06. The van der Waals surface area contributed by atoms with E-state index in [0.717, 1.165) is 18.2 Å². The second-order valence-corrected chi connectivity index (χ2v) is 7.04. The fourth-order valence-corrected chi connectivity index (χ4v) is 3.34. The molecule has 0 saturated carbocycles. The minimum atomic E-state index is -4.61. The smallest absolute Gasteiger partial charge is 0.352 e. The molecule has 1 saturated heterocycles. The van der Waals surface area contributed by atoms with Gasteiger partial charge in [0.25, 0.3) is 5.91 Å². The third-order valence-corrected chi connectivity index (χ3v) is 4.90. The molecular weight excluding hydrogens is 438 g/mol. The summed E-state index contributed by atoms with van der Waals surface area (Å²) in [7, 11) is 0. The Morgan fingerprint density at radius 3 is 2.17 bits per heavy atom. The van der Waals surface area contributed by atoms with Crippen molar-refractivity contribution in [3.8, 4) is 0 Å². The molecule has 2 aromatic rings. The van der Waals surface area contributed by atoms with E-state index in [1.165, 1.54) is 11.8 Å². The SMILES string of the molecule is Cc1nc(C(F)(F)F)ccc1C(=O)N1CCN(c2ncc(C(F)(F)F)cc2Cl)CC1. The highest BCUT2D eigenvalue weighted by Gasteiger charge is 2.34. The molecule has 1 aliphatic heterocycles. The number of carbonyl (C=O) groups is 1. The highest BCUT2D eigenvalue weighted by molar-refractivity contribution is 6.33. The van der Waals surface area contributed by atoms with Crippen LogP contribution in [0.4, 0.5) is 32.2 Å². The number of halogens is 7. The highest BCUT2D eigenvalue weighted by Crippen LogP contribution is 2.34. The first kappa shape index (κ1) is 22.1. The van der Waals surface area contributed by atoms with Gasteiger partial charge in [0.15, 0.2) is 0 Å². The molecule has 1 fully saturated rings. The van der Waals surface area contributed by atoms with Crippen molar-refractivity contribution in [3.05, 3.63) is 51.9 Å². The van der Waals surface area contributed by atoms with Gasteiger partial charge in [0, 0.05) is 32.4 Å². The zero-order valence-corrected chi connectivity index (χ0v) is 16.2. The quantitative estimate of drug-likeness (QED) is 0.632. The number of rotatable bonds is 2. The van der Waals surface area contributed by atoms with E-state index in [0.29, 0.717) is 6.20 Å². The lowest BCUT2D eigenvalue weighted by Gasteiger charge is -2.36. The first-order valence-corrected chi connectivity index (χ1v) is 9.07. The predicted molar refractivity (Wildman–Crippen MR) is 96.3 cm³/mol. The number of alkyl halides is 6. The summed E-state index contributed by atoms with van der Waals surface area (Å²) in [6.45, 7) is 2.20. The molecule has 162 valence electrons. The van der Waals surface area contributed by atoms with Crippen LogP contribution in [0, 0.1) is 6.92 Å². The summed E-state index contributed by atoms with van der Waals surface area (Å²) < 4.78 is 76.4. The van der Waals surface area contributed by atoms with Crippen LogP contribution >= 0.6 is 11.6 Å². The molecule has 0 N–H and O–H groups in total. The van der Waals surface area contributed by atoms with Crippen LogP contribution < -0.4 is 4.90 Å². The minimum Gasteiger partial charge on any atom is -0.352 e. The molecule has 3 heterocycles. The molecule has 0 aromatic carbocycles. The highest BCUT2D eigenvalue weighted by atomic mass is 35.5. The Morgan fingerprint density at radius 2 is 1.67 bits per heavy atom. The number of aromatic nitrogens is 2. The molecule has 30 heavy (non-hydrogen) atoms. The number of pyridine rings is 2. The molecule has 3 rings (SSSR count). The van der Waals surface area contributed by atoms with E-state index in [1.54, 1.807) is 4.90 Å². The second-order valence-electron chi connectivity index (χ2n) is 6.63. The van der Waals surface area contributed by atoms with Crippen molar-refractivity contribution in [1.82, 2.24) is 14.9 Å². The lowest BCUT2D eigenvalue weighted by Crippen LogP contribution is -2.49. The predicted octanol–water partition coefficient (Wildman–Crippen LogP) is 4.44. The standard InChI is InChI=1S/C18H15ClF6N4O/c1-10-12(2-3-14(27-10)18(23,24)25)16(30)29-6-4-28(5-7-29)15-13(19)8-11(9-26-15)17(20,21)22/h2-3,8-9H,4-7H2,1H3. The Hall–Kier alpha value is -2.56. The lowest BCUT2D eigenvalue weighted by molar-refractivity contribution is -0.141. The van der Waals surface area contributed by atoms with Gasteiger partial charge >= 0.3 is 12.4 Å². The fraction of sp³-hybridized carbons (Fsp3) is 0.389. The van der Waals surface area contributed by atoms with Crippen LogP contribution in [0.2, 0.25) is 5.02 Å². The normalized spacial score (nSPS) is 15.5. The average molecular weight is 453 g/mol. The molecule has 0 unspecified atom stereocenters. The number of hydrogen-bond acceptors (Lipinski definition) is 4. The van der Waals surface area contributed by atoms with Crippen LogP contribution in [0.5, 0.6) is 0 Å². The van der Waals surface area contributed by atoms with E-state index in [-0.39, 0.29) is 48.3 Å². The van der Waals surface area contributed by atoms with Gasteiger partial charge in [-0.05, 0) is 25.1 Å². The van der Waals surface area contributed by atoms with E-state index in [4.69, 9.17) is 11.6 Å². The molecule has 0 atom stereocenters. The van der Waals surface area contributed by atoms with E-state index in [2.05, 4.69) is 9.97 Å². The van der Waals surface area contributed by atoms with E-state index in [1.807, 2.05) is 0 Å². The van der Waals surface area contributed by atoms with Crippen molar-refractivity contribution in [2.24, 2.45) is 0 Å². The topological polar surface area (TPSA) is 49.3 Å². The Bertz CT molecular complexity index is 955. The molecule has 0 radical (unpaired) electrons. The molecule has 12 heteroatoms. The summed E-state index contributed by atoms with van der Waals surface area (Å²) in [6.07, 6.45) is -8.48. The number of amides is 1. The van der Waals surface area contributed by atoms with Crippen LogP contribution in [-0.2, 0) is 12.4 Å². The summed E-state index contributed by atoms with van der Waals surface area (Å²) in [6, 6.07) is 2.63. The maximum absolute atomic E-state index is 12.7. The van der Waals surface area contributed by atoms with Crippen LogP contribution in [0.25, 0.3) is 0 Å². The Morgan fingerprint density at radius 1 is 1.03 bits per heavy atom. The lowest BCUT2D eigenvalue weighted by atomic mass is 10.1. The van der Waals surface area contributed by atoms with E-state index < -0.39 is 29.5 Å². The Labute approximate surface area is 172 Å². The van der Waals surface area contributed by atoms with Gasteiger partial charge in [-0.25, -0.2) is 9.97 Å². The van der Waals surface area contributed by atoms with Crippen LogP contribution in [0.15, 0.2) is 24.4 Å². The number of hydrogen-bond donors (Lipinski definition) is 0. The largest absolute Gasteiger partial charge is 0.433 e. The zero-order chi connectivity index (χ0) is 22.3. The molecule has 0 spiro atoms. The number of anilines is 1. The third kappa shape index (κ3) is 4.61. The van der Waals surface area contributed by atoms with Gasteiger partial charge in [-0.1, -0.05) is 11.6 Å². The maximum atomic E-state index is 12.7. The molecule has 2 aromatic heterocycles. The molecule has 5 nitrogen and oxygen atoms in total. The van der Waals surface area contributed by atoms with Crippen molar-refractivity contribution in [2.75, 3.05) is 31.1 Å². The van der Waals surface area contributed by atoms with Crippen LogP contribution in [-0.4, -0.2) is 47.0 Å². The maximum Gasteiger partial charge on any atom is 0.433 e. The molecular formula is C18H15ClF6N4O. The van der Waals surface area contributed by atoms with Crippen molar-refractivity contribution in [3.63, 3.8) is 0 Å². The van der Waals surface area contributed by atoms with Gasteiger partial charge in [-0.2, -0.15) is 26.3 Å². The molecule has 1 aliphatic rings. The van der Waals surface area contributed by atoms with Crippen LogP contribution in [0.3, 0.4) is 0 Å². The third-order valence-electron chi connectivity index (χ3n) is 4.62. The molecule has 0 bridgehead atoms. The Balaban J connectivity index is 1.69. The number of nitrogens with zero attached hydrogens (tertiary/aromatic N) is 4. The molecule has 1 amide bonds. The number of aryl methyl sites for hydroxylation is 1. The van der Waals surface area contributed by atoms with Gasteiger partial charge < -0.3 is 9.80 Å². The van der Waals surface area contributed by atoms with E-state index in [9.17, 15) is 31.1 Å². The summed E-state index contributed by atoms with van der Waals surface area (Å²) in [5, 5.41) is -0.160. The van der Waals surface area contributed by atoms with E-state index >= 15 is 0 Å². The minimum absolute atomic E-state index is 0.0373. The summed E-state index contributed by atoms with van der Waals surface area (Å²) >= 11 is 5.95. The van der Waals surface area contributed by atoms with Gasteiger partial charge in [0.2, 0.25) is 0 Å². The van der Waals surface area contributed by atoms with Gasteiger partial charge in [0.1, 0.15) is 11.5 Å². The average Bonchev–Trinajstić information content (AvgIpc) is 2.66. The van der Waals surface area contributed by atoms with Gasteiger partial charge in [0.05, 0.1) is 21.8 Å². The monoisotopic (exact) mass is 452 g/mol. The van der Waals surface area contributed by atoms with Crippen molar-refractivity contribution < 1.29 is 31.1 Å². The summed E-state index contributed by atoms with van der Waals surface area (Å²) in [5.74, 6) is -0.302. The first-order valence-electron chi connectivity index (χ1n) is 8.69.